The van der Waals surface area contributed by atoms with E-state index in [1.54, 1.807) is 7.11 Å². The van der Waals surface area contributed by atoms with Gasteiger partial charge in [-0.25, -0.2) is 0 Å². The van der Waals surface area contributed by atoms with Gasteiger partial charge >= 0.3 is 0 Å². The van der Waals surface area contributed by atoms with Gasteiger partial charge in [-0.1, -0.05) is 6.07 Å². The molecule has 0 saturated carbocycles. The second-order valence-corrected chi connectivity index (χ2v) is 4.30. The first-order chi connectivity index (χ1) is 8.06. The number of hydrogen-bond donors (Lipinski definition) is 1. The highest BCUT2D eigenvalue weighted by atomic mass is 16.5. The Labute approximate surface area is 103 Å². The van der Waals surface area contributed by atoms with Crippen LogP contribution in [-0.4, -0.2) is 25.6 Å². The zero-order chi connectivity index (χ0) is 12.8. The first-order valence-electron chi connectivity index (χ1n) is 5.57. The van der Waals surface area contributed by atoms with Crippen molar-refractivity contribution in [2.24, 2.45) is 5.92 Å². The van der Waals surface area contributed by atoms with Crippen molar-refractivity contribution in [3.63, 3.8) is 0 Å². The standard InChI is InChI=1S/C13H19N3O/c1-10(7-14)8-16(2)9-11-4-5-13(17-3)12(15)6-11/h4-6,10H,8-9,15H2,1-3H3. The monoisotopic (exact) mass is 233 g/mol. The van der Waals surface area contributed by atoms with Gasteiger partial charge < -0.3 is 15.4 Å². The normalized spacial score (nSPS) is 12.2. The van der Waals surface area contributed by atoms with Gasteiger partial charge in [0, 0.05) is 13.1 Å². The number of nitriles is 1. The fourth-order valence-corrected chi connectivity index (χ4v) is 1.77. The Morgan fingerprint density at radius 1 is 1.53 bits per heavy atom. The molecular weight excluding hydrogens is 214 g/mol. The highest BCUT2D eigenvalue weighted by molar-refractivity contribution is 5.54. The molecule has 0 bridgehead atoms. The van der Waals surface area contributed by atoms with Crippen LogP contribution >= 0.6 is 0 Å². The Kier molecular flexibility index (Phi) is 4.80. The zero-order valence-electron chi connectivity index (χ0n) is 10.6. The lowest BCUT2D eigenvalue weighted by molar-refractivity contribution is 0.303. The first-order valence-corrected chi connectivity index (χ1v) is 5.57. The maximum absolute atomic E-state index is 8.75. The number of anilines is 1. The molecule has 92 valence electrons. The van der Waals surface area contributed by atoms with E-state index in [0.717, 1.165) is 18.7 Å². The molecule has 0 aliphatic rings. The molecule has 1 atom stereocenters. The molecule has 1 unspecified atom stereocenters. The molecule has 0 aliphatic heterocycles. The summed E-state index contributed by atoms with van der Waals surface area (Å²) in [6.45, 7) is 3.45. The Hall–Kier alpha value is -1.73. The van der Waals surface area contributed by atoms with E-state index in [1.807, 2.05) is 32.2 Å². The van der Waals surface area contributed by atoms with Crippen molar-refractivity contribution in [2.75, 3.05) is 26.4 Å². The van der Waals surface area contributed by atoms with Crippen molar-refractivity contribution in [1.82, 2.24) is 4.90 Å². The van der Waals surface area contributed by atoms with Crippen molar-refractivity contribution in [2.45, 2.75) is 13.5 Å². The van der Waals surface area contributed by atoms with Gasteiger partial charge in [0.2, 0.25) is 0 Å². The van der Waals surface area contributed by atoms with E-state index in [9.17, 15) is 0 Å². The highest BCUT2D eigenvalue weighted by Crippen LogP contribution is 2.22. The molecule has 1 aromatic carbocycles. The van der Waals surface area contributed by atoms with E-state index in [2.05, 4.69) is 11.0 Å². The van der Waals surface area contributed by atoms with Gasteiger partial charge in [-0.15, -0.1) is 0 Å². The molecule has 0 fully saturated rings. The predicted octanol–water partition coefficient (Wildman–Crippen LogP) is 1.87. The molecule has 0 amide bonds. The lowest BCUT2D eigenvalue weighted by Crippen LogP contribution is -2.23. The third-order valence-electron chi connectivity index (χ3n) is 2.55. The van der Waals surface area contributed by atoms with E-state index in [0.29, 0.717) is 11.4 Å². The number of nitrogens with two attached hydrogens (primary N) is 1. The second kappa shape index (κ2) is 6.12. The van der Waals surface area contributed by atoms with Crippen molar-refractivity contribution in [3.05, 3.63) is 23.8 Å². The fourth-order valence-electron chi connectivity index (χ4n) is 1.77. The van der Waals surface area contributed by atoms with E-state index in [4.69, 9.17) is 15.7 Å². The van der Waals surface area contributed by atoms with Crippen LogP contribution in [0.4, 0.5) is 5.69 Å². The Balaban J connectivity index is 2.63. The molecule has 0 spiro atoms. The molecule has 0 heterocycles. The summed E-state index contributed by atoms with van der Waals surface area (Å²) in [7, 11) is 3.60. The van der Waals surface area contributed by atoms with Gasteiger partial charge in [0.15, 0.2) is 0 Å². The Morgan fingerprint density at radius 3 is 2.76 bits per heavy atom. The minimum atomic E-state index is 0.0376. The maximum Gasteiger partial charge on any atom is 0.141 e. The van der Waals surface area contributed by atoms with Crippen molar-refractivity contribution < 1.29 is 4.74 Å². The smallest absolute Gasteiger partial charge is 0.141 e. The lowest BCUT2D eigenvalue weighted by Gasteiger charge is -2.18. The summed E-state index contributed by atoms with van der Waals surface area (Å²) in [6, 6.07) is 7.99. The summed E-state index contributed by atoms with van der Waals surface area (Å²) >= 11 is 0. The summed E-state index contributed by atoms with van der Waals surface area (Å²) in [4.78, 5) is 2.11. The minimum absolute atomic E-state index is 0.0376. The molecule has 4 nitrogen and oxygen atoms in total. The van der Waals surface area contributed by atoms with Crippen LogP contribution in [0.5, 0.6) is 5.75 Å². The molecule has 0 aromatic heterocycles. The first kappa shape index (κ1) is 13.3. The largest absolute Gasteiger partial charge is 0.495 e. The summed E-state index contributed by atoms with van der Waals surface area (Å²) in [6.07, 6.45) is 0. The highest BCUT2D eigenvalue weighted by Gasteiger charge is 2.07. The molecule has 1 rings (SSSR count). The van der Waals surface area contributed by atoms with Gasteiger partial charge in [0.1, 0.15) is 5.75 Å². The molecule has 1 aromatic rings. The summed E-state index contributed by atoms with van der Waals surface area (Å²) in [5.74, 6) is 0.734. The van der Waals surface area contributed by atoms with E-state index in [-0.39, 0.29) is 5.92 Å². The number of ether oxygens (including phenoxy) is 1. The molecule has 0 radical (unpaired) electrons. The molecule has 17 heavy (non-hydrogen) atoms. The van der Waals surface area contributed by atoms with E-state index >= 15 is 0 Å². The van der Waals surface area contributed by atoms with Crippen LogP contribution in [0.15, 0.2) is 18.2 Å². The van der Waals surface area contributed by atoms with Crippen molar-refractivity contribution in [3.8, 4) is 11.8 Å². The van der Waals surface area contributed by atoms with Gasteiger partial charge in [0.25, 0.3) is 0 Å². The number of methoxy groups -OCH3 is 1. The van der Waals surface area contributed by atoms with Crippen LogP contribution in [0, 0.1) is 17.2 Å². The number of rotatable bonds is 5. The van der Waals surface area contributed by atoms with Crippen molar-refractivity contribution >= 4 is 5.69 Å². The van der Waals surface area contributed by atoms with Crippen LogP contribution in [0.1, 0.15) is 12.5 Å². The van der Waals surface area contributed by atoms with Crippen LogP contribution in [-0.2, 0) is 6.54 Å². The SMILES string of the molecule is COc1ccc(CN(C)CC(C)C#N)cc1N. The number of nitrogens with zero attached hydrogens (tertiary/aromatic N) is 2. The van der Waals surface area contributed by atoms with Crippen LogP contribution < -0.4 is 10.5 Å². The molecule has 4 heteroatoms. The predicted molar refractivity (Wildman–Crippen MR) is 68.5 cm³/mol. The average Bonchev–Trinajstić information content (AvgIpc) is 2.29. The quantitative estimate of drug-likeness (QED) is 0.789. The summed E-state index contributed by atoms with van der Waals surface area (Å²) in [5, 5.41) is 8.75. The topological polar surface area (TPSA) is 62.3 Å². The third-order valence-corrected chi connectivity index (χ3v) is 2.55. The van der Waals surface area contributed by atoms with Gasteiger partial charge in [-0.05, 0) is 31.7 Å². The molecule has 0 saturated heterocycles. The lowest BCUT2D eigenvalue weighted by atomic mass is 10.1. The van der Waals surface area contributed by atoms with Crippen molar-refractivity contribution in [1.29, 1.82) is 5.26 Å². The molecular formula is C13H19N3O. The second-order valence-electron chi connectivity index (χ2n) is 4.30. The fraction of sp³-hybridized carbons (Fsp3) is 0.462. The third kappa shape index (κ3) is 3.97. The Morgan fingerprint density at radius 2 is 2.24 bits per heavy atom. The maximum atomic E-state index is 8.75. The van der Waals surface area contributed by atoms with Gasteiger partial charge in [-0.3, -0.25) is 0 Å². The summed E-state index contributed by atoms with van der Waals surface area (Å²) < 4.78 is 5.11. The van der Waals surface area contributed by atoms with Crippen LogP contribution in [0.2, 0.25) is 0 Å². The minimum Gasteiger partial charge on any atom is -0.495 e. The van der Waals surface area contributed by atoms with Gasteiger partial charge in [-0.2, -0.15) is 5.26 Å². The van der Waals surface area contributed by atoms with Crippen LogP contribution in [0.25, 0.3) is 0 Å². The number of hydrogen-bond acceptors (Lipinski definition) is 4. The van der Waals surface area contributed by atoms with E-state index < -0.39 is 0 Å². The molecule has 2 N–H and O–H groups in total. The summed E-state index contributed by atoms with van der Waals surface area (Å²) in [5.41, 5.74) is 7.61. The van der Waals surface area contributed by atoms with Crippen LogP contribution in [0.3, 0.4) is 0 Å². The average molecular weight is 233 g/mol. The Bertz CT molecular complexity index is 412. The van der Waals surface area contributed by atoms with E-state index in [1.165, 1.54) is 0 Å². The van der Waals surface area contributed by atoms with Gasteiger partial charge in [0.05, 0.1) is 24.8 Å². The number of nitrogen functional groups attached to an aromatic ring is 1. The number of benzene rings is 1. The zero-order valence-corrected chi connectivity index (χ0v) is 10.6. The molecule has 0 aliphatic carbocycles.